The molecule has 0 saturated carbocycles. The predicted octanol–water partition coefficient (Wildman–Crippen LogP) is 13.7. The lowest BCUT2D eigenvalue weighted by molar-refractivity contribution is 0.673. The van der Waals surface area contributed by atoms with E-state index >= 15 is 0 Å². The molecule has 10 aromatic rings. The first-order valence-electron chi connectivity index (χ1n) is 22.7. The van der Waals surface area contributed by atoms with Crippen molar-refractivity contribution < 1.29 is 23.6 Å². The van der Waals surface area contributed by atoms with Gasteiger partial charge in [0, 0.05) is 16.2 Å². The highest BCUT2D eigenvalue weighted by molar-refractivity contribution is 6.28. The molecule has 10 rings (SSSR count). The van der Waals surface area contributed by atoms with Gasteiger partial charge in [-0.25, -0.2) is 0 Å². The Morgan fingerprint density at radius 3 is 1.71 bits per heavy atom. The number of fused-ring (bicyclic) bond motifs is 7. The highest BCUT2D eigenvalue weighted by Gasteiger charge is 2.22. The Morgan fingerprint density at radius 1 is 0.367 bits per heavy atom. The van der Waals surface area contributed by atoms with Gasteiger partial charge in [-0.05, 0) is 89.6 Å². The first-order chi connectivity index (χ1) is 30.2. The number of benzene rings is 9. The van der Waals surface area contributed by atoms with E-state index in [0.717, 1.165) is 0 Å². The first kappa shape index (κ1) is 17.1. The molecule has 1 aromatic heterocycles. The minimum atomic E-state index is -0.658. The summed E-state index contributed by atoms with van der Waals surface area (Å²) in [5, 5.41) is 3.51. The summed E-state index contributed by atoms with van der Waals surface area (Å²) in [7, 11) is 0. The van der Waals surface area contributed by atoms with E-state index in [1.807, 2.05) is 48.5 Å². The van der Waals surface area contributed by atoms with Gasteiger partial charge < -0.3 is 4.42 Å². The zero-order chi connectivity index (χ0) is 44.5. The van der Waals surface area contributed by atoms with Gasteiger partial charge in [0.25, 0.3) is 0 Å². The van der Waals surface area contributed by atoms with Gasteiger partial charge in [-0.3, -0.25) is 0 Å². The molecule has 9 aromatic carbocycles. The molecule has 0 amide bonds. The van der Waals surface area contributed by atoms with E-state index in [4.69, 9.17) is 19.5 Å². The van der Waals surface area contributed by atoms with E-state index in [1.165, 1.54) is 0 Å². The maximum atomic E-state index is 9.88. The third-order valence-electron chi connectivity index (χ3n) is 9.02. The van der Waals surface area contributed by atoms with Crippen LogP contribution in [0.2, 0.25) is 0 Å². The van der Waals surface area contributed by atoms with Crippen molar-refractivity contribution in [1.82, 2.24) is 0 Å². The van der Waals surface area contributed by atoms with E-state index in [0.29, 0.717) is 65.7 Å². The average Bonchev–Trinajstić information content (AvgIpc) is 3.70. The Bertz CT molecular complexity index is 3590. The highest BCUT2D eigenvalue weighted by Crippen LogP contribution is 2.48. The van der Waals surface area contributed by atoms with Gasteiger partial charge in [-0.1, -0.05) is 164 Å². The van der Waals surface area contributed by atoms with Crippen molar-refractivity contribution in [2.24, 2.45) is 0 Å². The van der Waals surface area contributed by atoms with Gasteiger partial charge >= 0.3 is 0 Å². The molecule has 1 nitrogen and oxygen atoms in total. The SMILES string of the molecule is [2H]c1c([2H])c([2H])c(-c2c([2H])c([2H])c([2H])c(-c3c4ccccc4c(-c4cccc5oc6c7c([2H])c([2H])c([2H])c([2H])c7c(-c7ccccc7)c([2H])c6c45)c4ccccc34)c2[2H])c([2H])c1[2H]. The normalized spacial score (nSPS) is 15.7. The van der Waals surface area contributed by atoms with Crippen molar-refractivity contribution in [3.8, 4) is 44.5 Å². The molecule has 0 fully saturated rings. The molecular formula is C48H30O. The van der Waals surface area contributed by atoms with E-state index in [9.17, 15) is 4.11 Å². The van der Waals surface area contributed by atoms with Crippen molar-refractivity contribution in [1.29, 1.82) is 0 Å². The van der Waals surface area contributed by atoms with Crippen molar-refractivity contribution in [3.05, 3.63) is 182 Å². The fourth-order valence-electron chi connectivity index (χ4n) is 6.99. The summed E-state index contributed by atoms with van der Waals surface area (Å²) in [5.74, 6) is 0. The third-order valence-corrected chi connectivity index (χ3v) is 9.02. The highest BCUT2D eigenvalue weighted by atomic mass is 16.3. The maximum Gasteiger partial charge on any atom is 0.143 e. The van der Waals surface area contributed by atoms with Crippen LogP contribution in [0.25, 0.3) is 98.8 Å². The van der Waals surface area contributed by atoms with Crippen LogP contribution in [0.3, 0.4) is 0 Å². The number of hydrogen-bond acceptors (Lipinski definition) is 1. The van der Waals surface area contributed by atoms with Crippen LogP contribution in [0.5, 0.6) is 0 Å². The van der Waals surface area contributed by atoms with Crippen LogP contribution in [-0.4, -0.2) is 0 Å². The molecule has 1 heterocycles. The second-order valence-electron chi connectivity index (χ2n) is 11.7. The summed E-state index contributed by atoms with van der Waals surface area (Å²) in [6, 6.07) is 22.2. The monoisotopic (exact) mass is 636 g/mol. The minimum Gasteiger partial charge on any atom is -0.455 e. The Hall–Kier alpha value is -6.44. The smallest absolute Gasteiger partial charge is 0.143 e. The number of furan rings is 1. The van der Waals surface area contributed by atoms with E-state index in [1.54, 1.807) is 48.5 Å². The zero-order valence-electron chi connectivity index (χ0n) is 39.6. The van der Waals surface area contributed by atoms with Crippen molar-refractivity contribution in [2.75, 3.05) is 0 Å². The van der Waals surface area contributed by atoms with Gasteiger partial charge in [0.15, 0.2) is 0 Å². The van der Waals surface area contributed by atoms with E-state index < -0.39 is 72.0 Å². The lowest BCUT2D eigenvalue weighted by Crippen LogP contribution is -1.91. The molecule has 0 unspecified atom stereocenters. The Morgan fingerprint density at radius 2 is 0.980 bits per heavy atom. The quantitative estimate of drug-likeness (QED) is 0.175. The maximum absolute atomic E-state index is 9.88. The lowest BCUT2D eigenvalue weighted by Gasteiger charge is -2.18. The van der Waals surface area contributed by atoms with E-state index in [2.05, 4.69) is 0 Å². The fraction of sp³-hybridized carbons (Fsp3) is 0. The minimum absolute atomic E-state index is 0.00138. The van der Waals surface area contributed by atoms with Crippen LogP contribution in [0.15, 0.2) is 186 Å². The standard InChI is InChI=1S/C48H30O/c1-3-15-31(16-4-1)33-19-13-20-34(29-33)45-36-22-8-10-24-38(36)46(39-25-11-9-23-37(39)45)41-27-14-28-44-47(41)43-30-42(32-17-5-2-6-18-32)35-21-7-12-26-40(35)48(43)49-44/h1-30H/i1D,3D,4D,7D,12D,13D,15D,16D,19D,20D,21D,26D,29D,30D. The van der Waals surface area contributed by atoms with Crippen LogP contribution in [0.1, 0.15) is 19.2 Å². The molecule has 0 N–H and O–H groups in total. The van der Waals surface area contributed by atoms with Gasteiger partial charge in [-0.15, -0.1) is 0 Å². The van der Waals surface area contributed by atoms with Crippen LogP contribution >= 0.6 is 0 Å². The summed E-state index contributed by atoms with van der Waals surface area (Å²) < 4.78 is 131. The lowest BCUT2D eigenvalue weighted by atomic mass is 9.84. The van der Waals surface area contributed by atoms with Crippen molar-refractivity contribution in [2.45, 2.75) is 0 Å². The van der Waals surface area contributed by atoms with E-state index in [-0.39, 0.29) is 45.6 Å². The van der Waals surface area contributed by atoms with Crippen LogP contribution in [-0.2, 0) is 0 Å². The third kappa shape index (κ3) is 4.33. The molecular weight excluding hydrogens is 593 g/mol. The largest absolute Gasteiger partial charge is 0.455 e. The fourth-order valence-corrected chi connectivity index (χ4v) is 6.99. The summed E-state index contributed by atoms with van der Waals surface area (Å²) in [6.07, 6.45) is 0. The molecule has 228 valence electrons. The number of rotatable bonds is 4. The van der Waals surface area contributed by atoms with Gasteiger partial charge in [0.05, 0.1) is 19.2 Å². The van der Waals surface area contributed by atoms with Crippen LogP contribution in [0, 0.1) is 0 Å². The number of hydrogen-bond donors (Lipinski definition) is 0. The molecule has 0 aliphatic heterocycles. The molecule has 0 spiro atoms. The van der Waals surface area contributed by atoms with Crippen molar-refractivity contribution in [3.63, 3.8) is 0 Å². The molecule has 0 radical (unpaired) electrons. The summed E-state index contributed by atoms with van der Waals surface area (Å²) in [5.41, 5.74) is 2.22. The molecule has 1 heteroatoms. The molecule has 0 atom stereocenters. The second-order valence-corrected chi connectivity index (χ2v) is 11.7. The molecule has 0 aliphatic rings. The van der Waals surface area contributed by atoms with Gasteiger partial charge in [0.2, 0.25) is 0 Å². The topological polar surface area (TPSA) is 13.1 Å². The summed E-state index contributed by atoms with van der Waals surface area (Å²) in [4.78, 5) is 0. The summed E-state index contributed by atoms with van der Waals surface area (Å²) >= 11 is 0. The predicted molar refractivity (Wildman–Crippen MR) is 208 cm³/mol. The Balaban J connectivity index is 1.37. The van der Waals surface area contributed by atoms with Gasteiger partial charge in [-0.2, -0.15) is 0 Å². The van der Waals surface area contributed by atoms with Gasteiger partial charge in [0.1, 0.15) is 11.2 Å². The first-order valence-corrected chi connectivity index (χ1v) is 15.7. The molecule has 0 aliphatic carbocycles. The Labute approximate surface area is 304 Å². The summed E-state index contributed by atoms with van der Waals surface area (Å²) in [6.45, 7) is 0. The Kier molecular flexibility index (Phi) is 3.87. The van der Waals surface area contributed by atoms with Crippen LogP contribution < -0.4 is 0 Å². The second kappa shape index (κ2) is 11.1. The average molecular weight is 637 g/mol. The molecule has 0 saturated heterocycles. The zero-order valence-corrected chi connectivity index (χ0v) is 25.6. The van der Waals surface area contributed by atoms with Crippen LogP contribution in [0.4, 0.5) is 0 Å². The van der Waals surface area contributed by atoms with Crippen molar-refractivity contribution >= 4 is 54.3 Å². The molecule has 49 heavy (non-hydrogen) atoms. The molecule has 0 bridgehead atoms.